The molecule has 0 radical (unpaired) electrons. The van der Waals surface area contributed by atoms with Crippen molar-refractivity contribution in [3.63, 3.8) is 0 Å². The van der Waals surface area contributed by atoms with Gasteiger partial charge in [0, 0.05) is 26.4 Å². The Morgan fingerprint density at radius 3 is 2.56 bits per heavy atom. The molecule has 142 valence electrons. The molecule has 1 aromatic rings. The van der Waals surface area contributed by atoms with E-state index in [1.54, 1.807) is 7.11 Å². The number of carbonyl (C=O) groups excluding carboxylic acids is 1. The van der Waals surface area contributed by atoms with E-state index in [2.05, 4.69) is 43.0 Å². The molecule has 5 heteroatoms. The van der Waals surface area contributed by atoms with Crippen molar-refractivity contribution in [1.29, 1.82) is 0 Å². The second-order valence-electron chi connectivity index (χ2n) is 7.69. The maximum Gasteiger partial charge on any atom is 0.255 e. The molecule has 3 aliphatic rings. The van der Waals surface area contributed by atoms with Gasteiger partial charge in [-0.05, 0) is 44.4 Å². The van der Waals surface area contributed by atoms with Crippen LogP contribution in [0.15, 0.2) is 59.2 Å². The van der Waals surface area contributed by atoms with Gasteiger partial charge in [-0.15, -0.1) is 0 Å². The average Bonchev–Trinajstić information content (AvgIpc) is 2.99. The quantitative estimate of drug-likeness (QED) is 0.827. The fourth-order valence-electron chi connectivity index (χ4n) is 4.26. The zero-order valence-corrected chi connectivity index (χ0v) is 16.3. The summed E-state index contributed by atoms with van der Waals surface area (Å²) in [5.41, 5.74) is 1.63. The van der Waals surface area contributed by atoms with Crippen LogP contribution in [0.4, 0.5) is 0 Å². The van der Waals surface area contributed by atoms with Gasteiger partial charge in [-0.25, -0.2) is 0 Å². The number of amides is 1. The van der Waals surface area contributed by atoms with Crippen molar-refractivity contribution >= 4 is 11.7 Å². The van der Waals surface area contributed by atoms with Crippen LogP contribution >= 0.6 is 0 Å². The SMILES string of the molecule is COC1CCN(C(=O)C2=CN3C(=NC(C)C3(C)c3ccccc3)C=C2)CC1. The molecule has 2 unspecified atom stereocenters. The Bertz CT molecular complexity index is 806. The lowest BCUT2D eigenvalue weighted by atomic mass is 9.85. The normalized spacial score (nSPS) is 28.0. The Labute approximate surface area is 161 Å². The molecular formula is C22H27N3O2. The largest absolute Gasteiger partial charge is 0.381 e. The highest BCUT2D eigenvalue weighted by molar-refractivity contribution is 6.04. The average molecular weight is 365 g/mol. The Balaban J connectivity index is 1.60. The summed E-state index contributed by atoms with van der Waals surface area (Å²) in [6, 6.07) is 10.5. The monoisotopic (exact) mass is 365 g/mol. The predicted octanol–water partition coefficient (Wildman–Crippen LogP) is 3.10. The highest BCUT2D eigenvalue weighted by Gasteiger charge is 2.45. The van der Waals surface area contributed by atoms with E-state index in [1.165, 1.54) is 5.56 Å². The summed E-state index contributed by atoms with van der Waals surface area (Å²) >= 11 is 0. The van der Waals surface area contributed by atoms with Crippen LogP contribution in [0.1, 0.15) is 32.3 Å². The van der Waals surface area contributed by atoms with Crippen LogP contribution in [0.3, 0.4) is 0 Å². The molecule has 0 aromatic heterocycles. The first-order valence-corrected chi connectivity index (χ1v) is 9.68. The first-order chi connectivity index (χ1) is 13.0. The van der Waals surface area contributed by atoms with Crippen molar-refractivity contribution in [2.75, 3.05) is 20.2 Å². The molecule has 1 amide bonds. The summed E-state index contributed by atoms with van der Waals surface area (Å²) in [6.45, 7) is 5.83. The topological polar surface area (TPSA) is 45.1 Å². The molecule has 2 atom stereocenters. The summed E-state index contributed by atoms with van der Waals surface area (Å²) < 4.78 is 5.42. The Morgan fingerprint density at radius 2 is 1.89 bits per heavy atom. The van der Waals surface area contributed by atoms with Crippen molar-refractivity contribution in [1.82, 2.24) is 9.80 Å². The van der Waals surface area contributed by atoms with E-state index < -0.39 is 0 Å². The highest BCUT2D eigenvalue weighted by Crippen LogP contribution is 2.40. The van der Waals surface area contributed by atoms with Crippen LogP contribution in [0.2, 0.25) is 0 Å². The minimum absolute atomic E-state index is 0.0924. The van der Waals surface area contributed by atoms with Crippen molar-refractivity contribution in [2.24, 2.45) is 4.99 Å². The van der Waals surface area contributed by atoms with Crippen LogP contribution in [0, 0.1) is 0 Å². The van der Waals surface area contributed by atoms with E-state index in [0.717, 1.165) is 37.3 Å². The second kappa shape index (κ2) is 6.97. The van der Waals surface area contributed by atoms with Crippen molar-refractivity contribution in [3.05, 3.63) is 59.8 Å². The molecule has 1 aromatic carbocycles. The van der Waals surface area contributed by atoms with Gasteiger partial charge < -0.3 is 14.5 Å². The van der Waals surface area contributed by atoms with Crippen molar-refractivity contribution in [2.45, 2.75) is 44.4 Å². The van der Waals surface area contributed by atoms with Crippen LogP contribution in [-0.4, -0.2) is 53.9 Å². The molecule has 0 saturated carbocycles. The van der Waals surface area contributed by atoms with Crippen LogP contribution in [-0.2, 0) is 15.1 Å². The molecule has 3 aliphatic heterocycles. The van der Waals surface area contributed by atoms with Crippen LogP contribution < -0.4 is 0 Å². The van der Waals surface area contributed by atoms with Gasteiger partial charge in [-0.1, -0.05) is 30.3 Å². The van der Waals surface area contributed by atoms with Crippen molar-refractivity contribution < 1.29 is 9.53 Å². The summed E-state index contributed by atoms with van der Waals surface area (Å²) in [6.07, 6.45) is 7.93. The van der Waals surface area contributed by atoms with Gasteiger partial charge in [0.25, 0.3) is 5.91 Å². The van der Waals surface area contributed by atoms with Gasteiger partial charge in [0.15, 0.2) is 0 Å². The third-order valence-electron chi connectivity index (χ3n) is 6.23. The lowest BCUT2D eigenvalue weighted by Crippen LogP contribution is -2.46. The van der Waals surface area contributed by atoms with E-state index in [9.17, 15) is 4.79 Å². The number of benzene rings is 1. The maximum atomic E-state index is 13.1. The van der Waals surface area contributed by atoms with Crippen LogP contribution in [0.25, 0.3) is 0 Å². The molecule has 4 rings (SSSR count). The third kappa shape index (κ3) is 3.00. The summed E-state index contributed by atoms with van der Waals surface area (Å²) in [7, 11) is 1.74. The van der Waals surface area contributed by atoms with Crippen LogP contribution in [0.5, 0.6) is 0 Å². The fourth-order valence-corrected chi connectivity index (χ4v) is 4.26. The minimum atomic E-state index is -0.296. The number of hydrogen-bond acceptors (Lipinski definition) is 4. The fraction of sp³-hybridized carbons (Fsp3) is 0.455. The number of piperidine rings is 1. The summed E-state index contributed by atoms with van der Waals surface area (Å²) in [4.78, 5) is 22.0. The number of ether oxygens (including phenoxy) is 1. The number of aliphatic imine (C=N–C) groups is 1. The van der Waals surface area contributed by atoms with E-state index >= 15 is 0 Å². The Morgan fingerprint density at radius 1 is 1.19 bits per heavy atom. The van der Waals surface area contributed by atoms with Gasteiger partial charge in [-0.3, -0.25) is 9.79 Å². The number of rotatable bonds is 3. The van der Waals surface area contributed by atoms with E-state index in [-0.39, 0.29) is 23.6 Å². The molecule has 1 saturated heterocycles. The van der Waals surface area contributed by atoms with Gasteiger partial charge in [-0.2, -0.15) is 0 Å². The molecule has 0 spiro atoms. The lowest BCUT2D eigenvalue weighted by molar-refractivity contribution is -0.129. The Hall–Kier alpha value is -2.40. The molecular weight excluding hydrogens is 338 g/mol. The smallest absolute Gasteiger partial charge is 0.255 e. The summed E-state index contributed by atoms with van der Waals surface area (Å²) in [5.74, 6) is 1.01. The zero-order valence-electron chi connectivity index (χ0n) is 16.3. The van der Waals surface area contributed by atoms with Gasteiger partial charge >= 0.3 is 0 Å². The molecule has 27 heavy (non-hydrogen) atoms. The van der Waals surface area contributed by atoms with E-state index in [4.69, 9.17) is 9.73 Å². The predicted molar refractivity (Wildman–Crippen MR) is 106 cm³/mol. The number of hydrogen-bond donors (Lipinski definition) is 0. The van der Waals surface area contributed by atoms with Gasteiger partial charge in [0.2, 0.25) is 0 Å². The molecule has 0 aliphatic carbocycles. The summed E-state index contributed by atoms with van der Waals surface area (Å²) in [5, 5.41) is 0. The molecule has 1 fully saturated rings. The first-order valence-electron chi connectivity index (χ1n) is 9.68. The molecule has 5 nitrogen and oxygen atoms in total. The molecule has 0 bridgehead atoms. The van der Waals surface area contributed by atoms with Crippen molar-refractivity contribution in [3.8, 4) is 0 Å². The number of carbonyl (C=O) groups is 1. The highest BCUT2D eigenvalue weighted by atomic mass is 16.5. The minimum Gasteiger partial charge on any atom is -0.381 e. The number of fused-ring (bicyclic) bond motifs is 1. The van der Waals surface area contributed by atoms with E-state index in [0.29, 0.717) is 0 Å². The Kier molecular flexibility index (Phi) is 4.64. The lowest BCUT2D eigenvalue weighted by Gasteiger charge is -2.39. The second-order valence-corrected chi connectivity index (χ2v) is 7.69. The number of nitrogens with zero attached hydrogens (tertiary/aromatic N) is 3. The van der Waals surface area contributed by atoms with E-state index in [1.807, 2.05) is 29.3 Å². The maximum absolute atomic E-state index is 13.1. The van der Waals surface area contributed by atoms with Gasteiger partial charge in [0.05, 0.1) is 23.3 Å². The number of amidine groups is 1. The number of methoxy groups -OCH3 is 1. The zero-order chi connectivity index (χ0) is 19.0. The van der Waals surface area contributed by atoms with Gasteiger partial charge in [0.1, 0.15) is 5.84 Å². The molecule has 3 heterocycles. The standard InChI is InChI=1S/C22H27N3O2/c1-16-22(2,18-7-5-4-6-8-18)25-15-17(9-10-20(25)23-16)21(26)24-13-11-19(27-3)12-14-24/h4-10,15-16,19H,11-14H2,1-3H3. The number of likely N-dealkylation sites (tertiary alicyclic amines) is 1. The third-order valence-corrected chi connectivity index (χ3v) is 6.23. The first kappa shape index (κ1) is 18.0. The molecule has 0 N–H and O–H groups in total.